The van der Waals surface area contributed by atoms with Crippen molar-refractivity contribution in [3.05, 3.63) is 35.5 Å². The molecule has 2 aromatic rings. The molecule has 7 heteroatoms. The van der Waals surface area contributed by atoms with Crippen molar-refractivity contribution in [2.75, 3.05) is 25.5 Å². The van der Waals surface area contributed by atoms with E-state index in [4.69, 9.17) is 4.98 Å². The largest absolute Gasteiger partial charge is 0.361 e. The zero-order valence-corrected chi connectivity index (χ0v) is 15.7. The summed E-state index contributed by atoms with van der Waals surface area (Å²) >= 11 is 0. The van der Waals surface area contributed by atoms with Crippen molar-refractivity contribution in [1.82, 2.24) is 24.6 Å². The minimum absolute atomic E-state index is 0.0144. The zero-order chi connectivity index (χ0) is 18.3. The fraction of sp³-hybridized carbons (Fsp3) is 0.579. The Labute approximate surface area is 154 Å². The van der Waals surface area contributed by atoms with Crippen LogP contribution >= 0.6 is 0 Å². The highest BCUT2D eigenvalue weighted by Crippen LogP contribution is 2.40. The molecule has 0 bridgehead atoms. The summed E-state index contributed by atoms with van der Waals surface area (Å²) in [7, 11) is 3.90. The summed E-state index contributed by atoms with van der Waals surface area (Å²) < 4.78 is 1.85. The number of anilines is 1. The summed E-state index contributed by atoms with van der Waals surface area (Å²) in [5.41, 5.74) is 2.64. The Morgan fingerprint density at radius 2 is 2.04 bits per heavy atom. The van der Waals surface area contributed by atoms with E-state index in [1.165, 1.54) is 12.8 Å². The molecule has 1 amide bonds. The van der Waals surface area contributed by atoms with Crippen molar-refractivity contribution in [1.29, 1.82) is 0 Å². The van der Waals surface area contributed by atoms with E-state index in [1.54, 1.807) is 12.4 Å². The Morgan fingerprint density at radius 3 is 2.73 bits per heavy atom. The fourth-order valence-electron chi connectivity index (χ4n) is 3.64. The number of amides is 1. The van der Waals surface area contributed by atoms with Crippen LogP contribution in [-0.4, -0.2) is 51.2 Å². The molecule has 0 N–H and O–H groups in total. The molecule has 2 fully saturated rings. The Hall–Kier alpha value is -2.44. The van der Waals surface area contributed by atoms with Gasteiger partial charge < -0.3 is 9.80 Å². The van der Waals surface area contributed by atoms with Gasteiger partial charge in [0, 0.05) is 33.1 Å². The molecule has 26 heavy (non-hydrogen) atoms. The third kappa shape index (κ3) is 3.06. The van der Waals surface area contributed by atoms with Crippen LogP contribution in [0.1, 0.15) is 66.4 Å². The van der Waals surface area contributed by atoms with Gasteiger partial charge >= 0.3 is 0 Å². The molecule has 0 aromatic carbocycles. The van der Waals surface area contributed by atoms with Crippen LogP contribution in [0.15, 0.2) is 18.5 Å². The molecular weight excluding hydrogens is 328 g/mol. The van der Waals surface area contributed by atoms with E-state index >= 15 is 0 Å². The smallest absolute Gasteiger partial charge is 0.272 e. The summed E-state index contributed by atoms with van der Waals surface area (Å²) in [6.45, 7) is 3.50. The number of aryl methyl sites for hydroxylation is 1. The number of rotatable bonds is 5. The maximum absolute atomic E-state index is 13.3. The molecule has 2 aromatic heterocycles. The second-order valence-electron chi connectivity index (χ2n) is 7.40. The number of carbonyl (C=O) groups excluding carboxylic acids is 1. The van der Waals surface area contributed by atoms with Gasteiger partial charge in [0.25, 0.3) is 5.91 Å². The number of hydrogen-bond donors (Lipinski definition) is 0. The summed E-state index contributed by atoms with van der Waals surface area (Å²) in [4.78, 5) is 26.2. The maximum Gasteiger partial charge on any atom is 0.272 e. The van der Waals surface area contributed by atoms with E-state index in [0.717, 1.165) is 36.6 Å². The molecule has 0 radical (unpaired) electrons. The molecule has 1 aliphatic carbocycles. The monoisotopic (exact) mass is 354 g/mol. The third-order valence-corrected chi connectivity index (χ3v) is 5.27. The van der Waals surface area contributed by atoms with Gasteiger partial charge in [-0.15, -0.1) is 0 Å². The first-order valence-corrected chi connectivity index (χ1v) is 9.46. The molecule has 4 rings (SSSR count). The summed E-state index contributed by atoms with van der Waals surface area (Å²) in [6.07, 6.45) is 7.82. The van der Waals surface area contributed by atoms with Crippen molar-refractivity contribution in [2.24, 2.45) is 0 Å². The Morgan fingerprint density at radius 1 is 1.23 bits per heavy atom. The van der Waals surface area contributed by atoms with Crippen molar-refractivity contribution in [2.45, 2.75) is 51.1 Å². The number of aromatic nitrogens is 4. The van der Waals surface area contributed by atoms with Crippen LogP contribution in [0.5, 0.6) is 0 Å². The van der Waals surface area contributed by atoms with Crippen LogP contribution in [0.2, 0.25) is 0 Å². The number of hydrogen-bond acceptors (Lipinski definition) is 5. The van der Waals surface area contributed by atoms with Crippen molar-refractivity contribution < 1.29 is 4.79 Å². The molecule has 7 nitrogen and oxygen atoms in total. The SMILES string of the molecule is CCn1nc(C2CC2)cc1C(=O)N1CCC[C@H]1c1cncc(N(C)C)n1. The first-order valence-electron chi connectivity index (χ1n) is 9.46. The van der Waals surface area contributed by atoms with E-state index in [2.05, 4.69) is 10.1 Å². The van der Waals surface area contributed by atoms with Crippen molar-refractivity contribution >= 4 is 11.7 Å². The molecule has 3 heterocycles. The average Bonchev–Trinajstić information content (AvgIpc) is 3.22. The quantitative estimate of drug-likeness (QED) is 0.826. The normalized spacial score (nSPS) is 19.8. The molecule has 138 valence electrons. The second-order valence-corrected chi connectivity index (χ2v) is 7.40. The van der Waals surface area contributed by atoms with Crippen molar-refractivity contribution in [3.63, 3.8) is 0 Å². The maximum atomic E-state index is 13.3. The lowest BCUT2D eigenvalue weighted by Gasteiger charge is -2.25. The van der Waals surface area contributed by atoms with E-state index in [9.17, 15) is 4.79 Å². The lowest BCUT2D eigenvalue weighted by Crippen LogP contribution is -2.33. The van der Waals surface area contributed by atoms with Crippen LogP contribution in [0.3, 0.4) is 0 Å². The fourth-order valence-corrected chi connectivity index (χ4v) is 3.64. The topological polar surface area (TPSA) is 67.2 Å². The van der Waals surface area contributed by atoms with Crippen LogP contribution in [0.25, 0.3) is 0 Å². The van der Waals surface area contributed by atoms with Crippen molar-refractivity contribution in [3.8, 4) is 0 Å². The number of carbonyl (C=O) groups is 1. The molecule has 1 saturated heterocycles. The van der Waals surface area contributed by atoms with Crippen LogP contribution < -0.4 is 4.90 Å². The first-order chi connectivity index (χ1) is 12.6. The van der Waals surface area contributed by atoms with Gasteiger partial charge in [0.15, 0.2) is 0 Å². The molecule has 0 spiro atoms. The Kier molecular flexibility index (Phi) is 4.38. The van der Waals surface area contributed by atoms with Gasteiger partial charge in [-0.3, -0.25) is 14.5 Å². The summed E-state index contributed by atoms with van der Waals surface area (Å²) in [5, 5.41) is 4.65. The lowest BCUT2D eigenvalue weighted by atomic mass is 10.1. The Bertz CT molecular complexity index is 810. The van der Waals surface area contributed by atoms with Gasteiger partial charge in [0.1, 0.15) is 11.5 Å². The van der Waals surface area contributed by atoms with Gasteiger partial charge in [0.2, 0.25) is 0 Å². The Balaban J connectivity index is 1.62. The lowest BCUT2D eigenvalue weighted by molar-refractivity contribution is 0.0720. The predicted octanol–water partition coefficient (Wildman–Crippen LogP) is 2.61. The van der Waals surface area contributed by atoms with Crippen LogP contribution in [0.4, 0.5) is 5.82 Å². The average molecular weight is 354 g/mol. The predicted molar refractivity (Wildman–Crippen MR) is 99.2 cm³/mol. The van der Waals surface area contributed by atoms with E-state index < -0.39 is 0 Å². The summed E-state index contributed by atoms with van der Waals surface area (Å²) in [5.74, 6) is 1.42. The molecule has 2 aliphatic rings. The van der Waals surface area contributed by atoms with Crippen LogP contribution in [-0.2, 0) is 6.54 Å². The zero-order valence-electron chi connectivity index (χ0n) is 15.7. The van der Waals surface area contributed by atoms with E-state index in [-0.39, 0.29) is 11.9 Å². The second kappa shape index (κ2) is 6.70. The molecule has 1 atom stereocenters. The minimum Gasteiger partial charge on any atom is -0.361 e. The van der Waals surface area contributed by atoms with Gasteiger partial charge in [-0.1, -0.05) is 0 Å². The standard InChI is InChI=1S/C19H26N6O/c1-4-25-17(10-14(22-25)13-7-8-13)19(26)24-9-5-6-16(24)15-11-20-12-18(21-15)23(2)3/h10-13,16H,4-9H2,1-3H3/t16-/m0/s1. The van der Waals surface area contributed by atoms with E-state index in [1.807, 2.05) is 41.6 Å². The highest BCUT2D eigenvalue weighted by molar-refractivity contribution is 5.93. The number of nitrogens with zero attached hydrogens (tertiary/aromatic N) is 6. The number of likely N-dealkylation sites (tertiary alicyclic amines) is 1. The third-order valence-electron chi connectivity index (χ3n) is 5.27. The highest BCUT2D eigenvalue weighted by Gasteiger charge is 2.35. The molecule has 0 unspecified atom stereocenters. The first kappa shape index (κ1) is 17.0. The molecule has 1 saturated carbocycles. The summed E-state index contributed by atoms with van der Waals surface area (Å²) in [6, 6.07) is 1.99. The molecule has 1 aliphatic heterocycles. The molecular formula is C19H26N6O. The van der Waals surface area contributed by atoms with Gasteiger partial charge in [-0.05, 0) is 38.7 Å². The van der Waals surface area contributed by atoms with Gasteiger partial charge in [-0.2, -0.15) is 5.10 Å². The minimum atomic E-state index is -0.0144. The highest BCUT2D eigenvalue weighted by atomic mass is 16.2. The van der Waals surface area contributed by atoms with E-state index in [0.29, 0.717) is 18.2 Å². The van der Waals surface area contributed by atoms with Gasteiger partial charge in [-0.25, -0.2) is 4.98 Å². The van der Waals surface area contributed by atoms with Gasteiger partial charge in [0.05, 0.1) is 29.8 Å². The van der Waals surface area contributed by atoms with Crippen LogP contribution in [0, 0.1) is 0 Å².